The van der Waals surface area contributed by atoms with Gasteiger partial charge in [0.25, 0.3) is 5.91 Å². The Balaban J connectivity index is 1.98. The summed E-state index contributed by atoms with van der Waals surface area (Å²) in [7, 11) is 1.67. The molecule has 0 aliphatic heterocycles. The van der Waals surface area contributed by atoms with Gasteiger partial charge in [-0.05, 0) is 43.4 Å². The highest BCUT2D eigenvalue weighted by Crippen LogP contribution is 2.24. The van der Waals surface area contributed by atoms with Gasteiger partial charge in [0.15, 0.2) is 0 Å². The lowest BCUT2D eigenvalue weighted by Gasteiger charge is -2.17. The molecular weight excluding hydrogens is 248 g/mol. The number of nitrogens with one attached hydrogen (secondary N) is 2. The fourth-order valence-corrected chi connectivity index (χ4v) is 2.92. The van der Waals surface area contributed by atoms with Crippen molar-refractivity contribution < 1.29 is 4.79 Å². The summed E-state index contributed by atoms with van der Waals surface area (Å²) in [5.74, 6) is 0.753. The van der Waals surface area contributed by atoms with E-state index in [9.17, 15) is 4.79 Å². The van der Waals surface area contributed by atoms with E-state index >= 15 is 0 Å². The molecule has 0 aromatic heterocycles. The first-order chi connectivity index (χ1) is 9.70. The number of carbonyl (C=O) groups is 1. The van der Waals surface area contributed by atoms with Crippen LogP contribution >= 0.6 is 0 Å². The van der Waals surface area contributed by atoms with Crippen LogP contribution in [0.4, 0.5) is 5.69 Å². The number of anilines is 1. The van der Waals surface area contributed by atoms with E-state index in [0.29, 0.717) is 0 Å². The van der Waals surface area contributed by atoms with Gasteiger partial charge in [-0.2, -0.15) is 0 Å². The van der Waals surface area contributed by atoms with E-state index in [0.717, 1.165) is 23.7 Å². The van der Waals surface area contributed by atoms with Gasteiger partial charge in [0.1, 0.15) is 0 Å². The Morgan fingerprint density at radius 1 is 1.20 bits per heavy atom. The lowest BCUT2D eigenvalue weighted by Crippen LogP contribution is -2.19. The van der Waals surface area contributed by atoms with Crippen LogP contribution in [0.1, 0.15) is 54.4 Å². The summed E-state index contributed by atoms with van der Waals surface area (Å²) in [4.78, 5) is 11.7. The van der Waals surface area contributed by atoms with Gasteiger partial charge in [0.05, 0.1) is 0 Å². The molecule has 1 aromatic rings. The monoisotopic (exact) mass is 274 g/mol. The highest BCUT2D eigenvalue weighted by atomic mass is 16.1. The zero-order valence-corrected chi connectivity index (χ0v) is 12.7. The normalized spacial score (nSPS) is 16.5. The third-order valence-corrected chi connectivity index (χ3v) is 4.28. The van der Waals surface area contributed by atoms with Gasteiger partial charge < -0.3 is 10.6 Å². The summed E-state index contributed by atoms with van der Waals surface area (Å²) in [6.07, 6.45) is 8.18. The molecule has 2 N–H and O–H groups in total. The van der Waals surface area contributed by atoms with Crippen molar-refractivity contribution in [1.82, 2.24) is 5.32 Å². The zero-order chi connectivity index (χ0) is 14.4. The average Bonchev–Trinajstić information content (AvgIpc) is 2.74. The van der Waals surface area contributed by atoms with E-state index < -0.39 is 0 Å². The van der Waals surface area contributed by atoms with Crippen molar-refractivity contribution in [3.63, 3.8) is 0 Å². The van der Waals surface area contributed by atoms with Crippen molar-refractivity contribution in [3.8, 4) is 0 Å². The number of aryl methyl sites for hydroxylation is 1. The lowest BCUT2D eigenvalue weighted by molar-refractivity contribution is 0.0963. The maximum absolute atomic E-state index is 11.7. The second kappa shape index (κ2) is 7.32. The molecule has 3 nitrogen and oxygen atoms in total. The van der Waals surface area contributed by atoms with Crippen LogP contribution < -0.4 is 10.6 Å². The van der Waals surface area contributed by atoms with Crippen LogP contribution in [0.2, 0.25) is 0 Å². The number of benzene rings is 1. The highest BCUT2D eigenvalue weighted by Gasteiger charge is 2.13. The average molecular weight is 274 g/mol. The van der Waals surface area contributed by atoms with Crippen molar-refractivity contribution in [2.75, 3.05) is 18.9 Å². The minimum atomic E-state index is -0.0254. The number of hydrogen-bond acceptors (Lipinski definition) is 2. The van der Waals surface area contributed by atoms with Crippen LogP contribution in [-0.4, -0.2) is 19.5 Å². The topological polar surface area (TPSA) is 41.1 Å². The number of hydrogen-bond donors (Lipinski definition) is 2. The molecule has 0 spiro atoms. The molecule has 110 valence electrons. The van der Waals surface area contributed by atoms with Crippen LogP contribution in [0.15, 0.2) is 18.2 Å². The summed E-state index contributed by atoms with van der Waals surface area (Å²) < 4.78 is 0. The van der Waals surface area contributed by atoms with Crippen LogP contribution in [0.25, 0.3) is 0 Å². The quantitative estimate of drug-likeness (QED) is 0.821. The standard InChI is InChI=1S/C17H26N2O/c1-13-9-10-15(17(20)18-2)11-16(13)19-12-14-7-5-3-4-6-8-14/h9-11,14,19H,3-8,12H2,1-2H3,(H,18,20). The van der Waals surface area contributed by atoms with Crippen molar-refractivity contribution in [2.24, 2.45) is 5.92 Å². The number of rotatable bonds is 4. The van der Waals surface area contributed by atoms with Gasteiger partial charge >= 0.3 is 0 Å². The summed E-state index contributed by atoms with van der Waals surface area (Å²) in [6, 6.07) is 5.86. The molecule has 0 heterocycles. The van der Waals surface area contributed by atoms with Gasteiger partial charge in [-0.3, -0.25) is 4.79 Å². The molecular formula is C17H26N2O. The molecule has 0 bridgehead atoms. The number of carbonyl (C=O) groups excluding carboxylic acids is 1. The smallest absolute Gasteiger partial charge is 0.251 e. The summed E-state index contributed by atoms with van der Waals surface area (Å²) in [5.41, 5.74) is 3.02. The van der Waals surface area contributed by atoms with Gasteiger partial charge in [0.2, 0.25) is 0 Å². The second-order valence-electron chi connectivity index (χ2n) is 5.85. The molecule has 2 rings (SSSR count). The fraction of sp³-hybridized carbons (Fsp3) is 0.588. The molecule has 1 fully saturated rings. The summed E-state index contributed by atoms with van der Waals surface area (Å²) in [5, 5.41) is 6.22. The largest absolute Gasteiger partial charge is 0.385 e. The van der Waals surface area contributed by atoms with Crippen LogP contribution in [0.3, 0.4) is 0 Å². The molecule has 1 aliphatic carbocycles. The van der Waals surface area contributed by atoms with Crippen molar-refractivity contribution in [2.45, 2.75) is 45.4 Å². The lowest BCUT2D eigenvalue weighted by atomic mass is 10.00. The van der Waals surface area contributed by atoms with Gasteiger partial charge in [0, 0.05) is 24.8 Å². The Hall–Kier alpha value is -1.51. The van der Waals surface area contributed by atoms with Gasteiger partial charge in [-0.25, -0.2) is 0 Å². The van der Waals surface area contributed by atoms with Crippen LogP contribution in [-0.2, 0) is 0 Å². The van der Waals surface area contributed by atoms with Gasteiger partial charge in [-0.15, -0.1) is 0 Å². The molecule has 0 radical (unpaired) electrons. The maximum atomic E-state index is 11.7. The Morgan fingerprint density at radius 3 is 2.55 bits per heavy atom. The molecule has 1 aromatic carbocycles. The molecule has 1 aliphatic rings. The third kappa shape index (κ3) is 3.99. The predicted octanol–water partition coefficient (Wildman–Crippen LogP) is 3.74. The first-order valence-corrected chi connectivity index (χ1v) is 7.77. The molecule has 1 saturated carbocycles. The van der Waals surface area contributed by atoms with E-state index in [1.165, 1.54) is 44.1 Å². The van der Waals surface area contributed by atoms with E-state index in [-0.39, 0.29) is 5.91 Å². The Bertz CT molecular complexity index is 448. The van der Waals surface area contributed by atoms with E-state index in [2.05, 4.69) is 17.6 Å². The first kappa shape index (κ1) is 14.9. The maximum Gasteiger partial charge on any atom is 0.251 e. The third-order valence-electron chi connectivity index (χ3n) is 4.28. The fourth-order valence-electron chi connectivity index (χ4n) is 2.92. The molecule has 3 heteroatoms. The SMILES string of the molecule is CNC(=O)c1ccc(C)c(NCC2CCCCCC2)c1. The van der Waals surface area contributed by atoms with Crippen LogP contribution in [0.5, 0.6) is 0 Å². The molecule has 0 saturated heterocycles. The van der Waals surface area contributed by atoms with Crippen LogP contribution in [0, 0.1) is 12.8 Å². The van der Waals surface area contributed by atoms with E-state index in [1.54, 1.807) is 7.05 Å². The minimum absolute atomic E-state index is 0.0254. The van der Waals surface area contributed by atoms with Crippen molar-refractivity contribution >= 4 is 11.6 Å². The van der Waals surface area contributed by atoms with Crippen molar-refractivity contribution in [3.05, 3.63) is 29.3 Å². The van der Waals surface area contributed by atoms with Gasteiger partial charge in [-0.1, -0.05) is 31.7 Å². The molecule has 0 unspecified atom stereocenters. The predicted molar refractivity (Wildman–Crippen MR) is 84.3 cm³/mol. The highest BCUT2D eigenvalue weighted by molar-refractivity contribution is 5.95. The Kier molecular flexibility index (Phi) is 5.45. The van der Waals surface area contributed by atoms with E-state index in [4.69, 9.17) is 0 Å². The molecule has 20 heavy (non-hydrogen) atoms. The zero-order valence-electron chi connectivity index (χ0n) is 12.7. The summed E-state index contributed by atoms with van der Waals surface area (Å²) in [6.45, 7) is 3.11. The number of amides is 1. The Morgan fingerprint density at radius 2 is 1.90 bits per heavy atom. The first-order valence-electron chi connectivity index (χ1n) is 7.77. The Labute approximate surface area is 122 Å². The molecule has 0 atom stereocenters. The minimum Gasteiger partial charge on any atom is -0.385 e. The van der Waals surface area contributed by atoms with Crippen molar-refractivity contribution in [1.29, 1.82) is 0 Å². The molecule has 1 amide bonds. The summed E-state index contributed by atoms with van der Waals surface area (Å²) >= 11 is 0. The second-order valence-corrected chi connectivity index (χ2v) is 5.85. The van der Waals surface area contributed by atoms with E-state index in [1.807, 2.05) is 18.2 Å².